The van der Waals surface area contributed by atoms with E-state index in [0.29, 0.717) is 12.4 Å². The second-order valence-corrected chi connectivity index (χ2v) is 8.46. The van der Waals surface area contributed by atoms with Gasteiger partial charge in [-0.15, -0.1) is 6.58 Å². The molecule has 0 bridgehead atoms. The highest BCUT2D eigenvalue weighted by Crippen LogP contribution is 2.55. The Bertz CT molecular complexity index is 173. The molecule has 0 fully saturated rings. The summed E-state index contributed by atoms with van der Waals surface area (Å²) in [4.78, 5) is 9.49. The molecule has 0 aromatic rings. The monoisotopic (exact) mass is 226 g/mol. The minimum absolute atomic E-state index is 0.564. The molecule has 0 aliphatic carbocycles. The van der Waals surface area contributed by atoms with Crippen molar-refractivity contribution >= 4 is 28.9 Å². The van der Waals surface area contributed by atoms with Gasteiger partial charge in [-0.1, -0.05) is 30.8 Å². The summed E-state index contributed by atoms with van der Waals surface area (Å²) in [5, 5.41) is 0. The minimum atomic E-state index is -2.56. The Balaban J connectivity index is 3.56. The van der Waals surface area contributed by atoms with Crippen molar-refractivity contribution in [3.05, 3.63) is 12.7 Å². The maximum Gasteiger partial charge on any atom is 0.245 e. The fraction of sp³-hybridized carbons (Fsp3) is 0.714. The molecule has 0 rings (SSSR count). The molecule has 0 heterocycles. The van der Waals surface area contributed by atoms with Crippen molar-refractivity contribution in [2.75, 3.05) is 12.4 Å². The standard InChI is InChI=1S/C7H15O2PS2/c1-3-5-6-9-10(8,11)12-7-4-2/h4H,2-3,5-7H2,1H3,(H,8,11). The van der Waals surface area contributed by atoms with Gasteiger partial charge in [0.2, 0.25) is 5.69 Å². The molecule has 1 unspecified atom stereocenters. The molecule has 0 aromatic carbocycles. The zero-order valence-electron chi connectivity index (χ0n) is 7.23. The molecule has 1 atom stereocenters. The molecule has 0 aliphatic heterocycles. The second-order valence-electron chi connectivity index (χ2n) is 2.24. The molecule has 0 saturated carbocycles. The van der Waals surface area contributed by atoms with Crippen LogP contribution in [0, 0.1) is 0 Å². The van der Waals surface area contributed by atoms with Crippen molar-refractivity contribution in [2.45, 2.75) is 19.8 Å². The van der Waals surface area contributed by atoms with Crippen molar-refractivity contribution in [3.8, 4) is 0 Å². The van der Waals surface area contributed by atoms with Crippen LogP contribution in [0.3, 0.4) is 0 Å². The topological polar surface area (TPSA) is 29.5 Å². The predicted molar refractivity (Wildman–Crippen MR) is 60.0 cm³/mol. The average molecular weight is 226 g/mol. The summed E-state index contributed by atoms with van der Waals surface area (Å²) in [5.74, 6) is 0.653. The summed E-state index contributed by atoms with van der Waals surface area (Å²) in [6, 6.07) is 0. The minimum Gasteiger partial charge on any atom is -0.337 e. The van der Waals surface area contributed by atoms with E-state index >= 15 is 0 Å². The van der Waals surface area contributed by atoms with Gasteiger partial charge in [0.1, 0.15) is 0 Å². The first kappa shape index (κ1) is 12.7. The van der Waals surface area contributed by atoms with Crippen molar-refractivity contribution in [3.63, 3.8) is 0 Å². The lowest BCUT2D eigenvalue weighted by molar-refractivity contribution is 0.312. The largest absolute Gasteiger partial charge is 0.337 e. The van der Waals surface area contributed by atoms with E-state index in [2.05, 4.69) is 13.5 Å². The van der Waals surface area contributed by atoms with Gasteiger partial charge in [0.05, 0.1) is 6.61 Å². The maximum absolute atomic E-state index is 9.49. The van der Waals surface area contributed by atoms with Gasteiger partial charge >= 0.3 is 0 Å². The molecule has 1 N–H and O–H groups in total. The van der Waals surface area contributed by atoms with Gasteiger partial charge in [0.25, 0.3) is 0 Å². The first-order valence-electron chi connectivity index (χ1n) is 3.85. The zero-order chi connectivity index (χ0) is 9.45. The lowest BCUT2D eigenvalue weighted by atomic mass is 10.4. The van der Waals surface area contributed by atoms with Crippen LogP contribution in [-0.2, 0) is 16.3 Å². The summed E-state index contributed by atoms with van der Waals surface area (Å²) in [6.07, 6.45) is 3.72. The summed E-state index contributed by atoms with van der Waals surface area (Å²) < 4.78 is 5.17. The lowest BCUT2D eigenvalue weighted by Gasteiger charge is -2.13. The van der Waals surface area contributed by atoms with E-state index in [0.717, 1.165) is 12.8 Å². The van der Waals surface area contributed by atoms with Gasteiger partial charge in [-0.05, 0) is 18.2 Å². The Kier molecular flexibility index (Phi) is 7.49. The number of hydrogen-bond acceptors (Lipinski definition) is 3. The molecule has 2 nitrogen and oxygen atoms in total. The number of unbranched alkanes of at least 4 members (excludes halogenated alkanes) is 1. The highest BCUT2D eigenvalue weighted by molar-refractivity contribution is 8.67. The Labute approximate surface area is 83.3 Å². The molecule has 0 aromatic heterocycles. The third-order valence-electron chi connectivity index (χ3n) is 1.11. The van der Waals surface area contributed by atoms with Crippen LogP contribution in [0.15, 0.2) is 12.7 Å². The van der Waals surface area contributed by atoms with E-state index in [1.54, 1.807) is 6.08 Å². The van der Waals surface area contributed by atoms with E-state index in [9.17, 15) is 4.89 Å². The predicted octanol–water partition coefficient (Wildman–Crippen LogP) is 2.94. The molecule has 72 valence electrons. The zero-order valence-corrected chi connectivity index (χ0v) is 9.76. The third-order valence-corrected chi connectivity index (χ3v) is 5.33. The van der Waals surface area contributed by atoms with Crippen molar-refractivity contribution < 1.29 is 9.42 Å². The Hall–Kier alpha value is 0.660. The molecule has 0 amide bonds. The van der Waals surface area contributed by atoms with E-state index in [1.165, 1.54) is 11.4 Å². The van der Waals surface area contributed by atoms with Gasteiger partial charge in [-0.2, -0.15) is 0 Å². The Morgan fingerprint density at radius 3 is 2.92 bits per heavy atom. The van der Waals surface area contributed by atoms with Crippen LogP contribution >= 0.6 is 17.1 Å². The highest BCUT2D eigenvalue weighted by Gasteiger charge is 2.12. The molecule has 12 heavy (non-hydrogen) atoms. The normalized spacial score (nSPS) is 15.5. The van der Waals surface area contributed by atoms with E-state index in [1.807, 2.05) is 0 Å². The maximum atomic E-state index is 9.49. The summed E-state index contributed by atoms with van der Waals surface area (Å²) in [5.41, 5.74) is -2.56. The molecule has 0 saturated heterocycles. The third kappa shape index (κ3) is 7.32. The Morgan fingerprint density at radius 1 is 1.75 bits per heavy atom. The van der Waals surface area contributed by atoms with Crippen LogP contribution in [0.1, 0.15) is 19.8 Å². The van der Waals surface area contributed by atoms with Gasteiger partial charge in [-0.25, -0.2) is 0 Å². The van der Waals surface area contributed by atoms with Crippen LogP contribution in [0.5, 0.6) is 0 Å². The van der Waals surface area contributed by atoms with E-state index < -0.39 is 5.69 Å². The van der Waals surface area contributed by atoms with Crippen LogP contribution in [-0.4, -0.2) is 17.3 Å². The quantitative estimate of drug-likeness (QED) is 0.410. The van der Waals surface area contributed by atoms with E-state index in [-0.39, 0.29) is 0 Å². The van der Waals surface area contributed by atoms with Crippen LogP contribution in [0.2, 0.25) is 0 Å². The average Bonchev–Trinajstić information content (AvgIpc) is 2.01. The second kappa shape index (κ2) is 7.10. The number of hydrogen-bond donors (Lipinski definition) is 1. The molecular formula is C7H15O2PS2. The Morgan fingerprint density at radius 2 is 2.42 bits per heavy atom. The van der Waals surface area contributed by atoms with Gasteiger partial charge in [0.15, 0.2) is 0 Å². The van der Waals surface area contributed by atoms with Gasteiger partial charge < -0.3 is 9.42 Å². The van der Waals surface area contributed by atoms with Crippen LogP contribution in [0.25, 0.3) is 0 Å². The van der Waals surface area contributed by atoms with Crippen LogP contribution < -0.4 is 0 Å². The van der Waals surface area contributed by atoms with Crippen molar-refractivity contribution in [1.82, 2.24) is 0 Å². The molecule has 0 radical (unpaired) electrons. The summed E-state index contributed by atoms with van der Waals surface area (Å²) in [6.45, 7) is 6.18. The first-order valence-corrected chi connectivity index (χ1v) is 8.11. The van der Waals surface area contributed by atoms with E-state index in [4.69, 9.17) is 16.3 Å². The van der Waals surface area contributed by atoms with Crippen LogP contribution in [0.4, 0.5) is 0 Å². The molecule has 0 spiro atoms. The summed E-state index contributed by atoms with van der Waals surface area (Å²) in [7, 11) is 0. The summed E-state index contributed by atoms with van der Waals surface area (Å²) >= 11 is 6.15. The van der Waals surface area contributed by atoms with Gasteiger partial charge in [0, 0.05) is 5.75 Å². The molecular weight excluding hydrogens is 211 g/mol. The smallest absolute Gasteiger partial charge is 0.245 e. The fourth-order valence-corrected chi connectivity index (χ4v) is 3.34. The molecule has 0 aliphatic rings. The first-order chi connectivity index (χ1) is 5.62. The lowest BCUT2D eigenvalue weighted by Crippen LogP contribution is -1.89. The fourth-order valence-electron chi connectivity index (χ4n) is 0.508. The van der Waals surface area contributed by atoms with Crippen molar-refractivity contribution in [1.29, 1.82) is 0 Å². The molecule has 5 heteroatoms. The highest BCUT2D eigenvalue weighted by atomic mass is 32.9. The van der Waals surface area contributed by atoms with Crippen molar-refractivity contribution in [2.24, 2.45) is 0 Å². The SMILES string of the molecule is C=CCSP(O)(=S)OCCCC. The van der Waals surface area contributed by atoms with Gasteiger partial charge in [-0.3, -0.25) is 0 Å². The number of rotatable bonds is 7.